The lowest BCUT2D eigenvalue weighted by Gasteiger charge is -2.41. The molecule has 1 aliphatic heterocycles. The van der Waals surface area contributed by atoms with E-state index in [4.69, 9.17) is 4.74 Å². The highest BCUT2D eigenvalue weighted by Gasteiger charge is 2.47. The van der Waals surface area contributed by atoms with Gasteiger partial charge in [-0.2, -0.15) is 0 Å². The number of nitrogens with zero attached hydrogens (tertiary/aromatic N) is 7. The number of thioether (sulfide) groups is 1. The van der Waals surface area contributed by atoms with Crippen molar-refractivity contribution in [3.63, 3.8) is 0 Å². The molecule has 25 nitrogen and oxygen atoms in total. The molecule has 0 spiro atoms. The van der Waals surface area contributed by atoms with E-state index in [0.29, 0.717) is 25.1 Å². The van der Waals surface area contributed by atoms with Gasteiger partial charge in [-0.1, -0.05) is 109 Å². The molecule has 95 heavy (non-hydrogen) atoms. The molecule has 0 saturated carbocycles. The van der Waals surface area contributed by atoms with Crippen LogP contribution < -0.4 is 26.6 Å². The van der Waals surface area contributed by atoms with E-state index in [-0.39, 0.29) is 55.9 Å². The molecule has 13 atom stereocenters. The lowest BCUT2D eigenvalue weighted by atomic mass is 9.91. The van der Waals surface area contributed by atoms with Gasteiger partial charge in [0.1, 0.15) is 60.4 Å². The molecule has 0 aromatic carbocycles. The number of nitrogens with one attached hydrogen (secondary N) is 5. The molecule has 0 aliphatic carbocycles. The fourth-order valence-corrected chi connectivity index (χ4v) is 12.8. The Kier molecular flexibility index (Phi) is 36.8. The maximum atomic E-state index is 15.4. The van der Waals surface area contributed by atoms with Gasteiger partial charge in [-0.25, -0.2) is 0 Å². The van der Waals surface area contributed by atoms with E-state index < -0.39 is 160 Å². The summed E-state index contributed by atoms with van der Waals surface area (Å²) in [7, 11) is 11.5. The normalized spacial score (nSPS) is 26.3. The van der Waals surface area contributed by atoms with Gasteiger partial charge in [0.15, 0.2) is 5.37 Å². The second kappa shape index (κ2) is 40.1. The van der Waals surface area contributed by atoms with Gasteiger partial charge in [0.2, 0.25) is 59.1 Å². The minimum atomic E-state index is -1.65. The molecule has 0 radical (unpaired) electrons. The predicted octanol–water partition coefficient (Wildman–Crippen LogP) is 4.49. The molecule has 0 aromatic heterocycles. The summed E-state index contributed by atoms with van der Waals surface area (Å²) in [4.78, 5) is 173. The van der Waals surface area contributed by atoms with Crippen molar-refractivity contribution >= 4 is 76.7 Å². The van der Waals surface area contributed by atoms with Gasteiger partial charge in [-0.15, -0.1) is 11.8 Å². The van der Waals surface area contributed by atoms with Crippen LogP contribution in [0.3, 0.4) is 0 Å². The lowest BCUT2D eigenvalue weighted by molar-refractivity contribution is -0.157. The SMILES string of the molecule is C/C=C/C[C@@H](C)[C@@H](O)[C@H]1C(=O)N[C@@H](CC)C(=O)N(C)[C@H](SCCCNC(C)C)C(=O)N(C)[C@@H](CC(C)(C)OC)C(=O)N[C@@H](C(C)C)C(=O)N(C)[C@@H](CC(C)C)C(=O)N[C@@H](C)C(=O)N[C@H](C)C(=O)N(C)[C@@H](CC(C)C)C(=O)N(C)[C@@H](CC(C)C)C(=O)N(C)[C@@H](C(C)C)C(=O)N1C. The zero-order chi connectivity index (χ0) is 73.6. The van der Waals surface area contributed by atoms with Crippen LogP contribution in [0.15, 0.2) is 12.2 Å². The number of hydrogen-bond acceptors (Lipinski definition) is 15. The monoisotopic (exact) mass is 1360 g/mol. The van der Waals surface area contributed by atoms with Crippen LogP contribution >= 0.6 is 11.8 Å². The van der Waals surface area contributed by atoms with Crippen molar-refractivity contribution in [1.29, 1.82) is 0 Å². The topological polar surface area (TPSA) is 300 Å². The predicted molar refractivity (Wildman–Crippen MR) is 374 cm³/mol. The molecular formula is C69H126N12O13S. The first-order valence-corrected chi connectivity index (χ1v) is 35.2. The van der Waals surface area contributed by atoms with E-state index in [1.54, 1.807) is 68.4 Å². The van der Waals surface area contributed by atoms with Crippen LogP contribution in [0.25, 0.3) is 0 Å². The number of carbonyl (C=O) groups excluding carboxylic acids is 11. The van der Waals surface area contributed by atoms with Crippen LogP contribution in [0.2, 0.25) is 0 Å². The van der Waals surface area contributed by atoms with Crippen molar-refractivity contribution in [2.24, 2.45) is 35.5 Å². The van der Waals surface area contributed by atoms with E-state index >= 15 is 33.6 Å². The third-order valence-corrected chi connectivity index (χ3v) is 19.2. The maximum absolute atomic E-state index is 15.4. The number of rotatable bonds is 22. The quantitative estimate of drug-likeness (QED) is 0.0643. The Morgan fingerprint density at radius 2 is 1.00 bits per heavy atom. The lowest BCUT2D eigenvalue weighted by Crippen LogP contribution is -2.64. The maximum Gasteiger partial charge on any atom is 0.256 e. The summed E-state index contributed by atoms with van der Waals surface area (Å²) >= 11 is 1.15. The molecule has 26 heteroatoms. The number of carbonyl (C=O) groups is 11. The van der Waals surface area contributed by atoms with E-state index in [2.05, 4.69) is 26.6 Å². The van der Waals surface area contributed by atoms with Gasteiger partial charge in [0, 0.05) is 68.9 Å². The van der Waals surface area contributed by atoms with E-state index in [1.165, 1.54) is 99.7 Å². The molecule has 6 N–H and O–H groups in total. The third kappa shape index (κ3) is 25.5. The fourth-order valence-electron chi connectivity index (χ4n) is 11.6. The minimum absolute atomic E-state index is 0.0145. The van der Waals surface area contributed by atoms with Gasteiger partial charge < -0.3 is 70.7 Å². The Labute approximate surface area is 574 Å². The zero-order valence-electron chi connectivity index (χ0n) is 62.9. The number of allylic oxidation sites excluding steroid dienone is 2. The number of aliphatic hydroxyl groups excluding tert-OH is 1. The summed E-state index contributed by atoms with van der Waals surface area (Å²) in [5.41, 5.74) is -1.05. The van der Waals surface area contributed by atoms with E-state index in [9.17, 15) is 24.3 Å². The average molecular weight is 1360 g/mol. The van der Waals surface area contributed by atoms with Crippen LogP contribution in [0.1, 0.15) is 176 Å². The van der Waals surface area contributed by atoms with Crippen LogP contribution in [0.4, 0.5) is 0 Å². The standard InChI is InChI=1S/C69H126N12O13S/c1-28-30-32-45(15)56(82)55-60(86)73-48(29-2)62(88)81(26)68(95-34-31-33-70-44(13)14)67(93)78(23)52(38-69(18,19)94-27)59(85)74-53(42(9)10)65(91)75(20)49(35-39(3)4)58(84)71-46(16)57(83)72-47(17)61(87)76(21)50(36-40(5)6)63(89)77(22)51(37-41(7)8)64(90)79(24)54(43(11)12)66(92)80(55)25/h28,30,39-56,68,70,82H,29,31-38H2,1-27H3,(H,71,84)(H,72,83)(H,73,86)(H,74,85)/b30-28+/t45-,46+,47-,48+,49+,50+,51+,52+,53+,54+,55+,56-,68-/m1/s1. The summed E-state index contributed by atoms with van der Waals surface area (Å²) in [5, 5.41) is 25.5. The van der Waals surface area contributed by atoms with Crippen molar-refractivity contribution in [3.05, 3.63) is 12.2 Å². The molecule has 1 rings (SSSR count). The number of aliphatic hydroxyl groups is 1. The fraction of sp³-hybridized carbons (Fsp3) is 0.812. The van der Waals surface area contributed by atoms with Crippen LogP contribution in [0, 0.1) is 35.5 Å². The molecule has 11 amide bonds. The molecule has 546 valence electrons. The molecule has 1 fully saturated rings. The van der Waals surface area contributed by atoms with Crippen molar-refractivity contribution in [2.75, 3.05) is 68.7 Å². The summed E-state index contributed by atoms with van der Waals surface area (Å²) in [6.45, 7) is 34.2. The van der Waals surface area contributed by atoms with E-state index in [1.807, 2.05) is 61.5 Å². The highest BCUT2D eigenvalue weighted by Crippen LogP contribution is 2.28. The molecule has 1 saturated heterocycles. The number of amides is 11. The number of likely N-dealkylation sites (N-methyl/N-ethyl adjacent to an activating group) is 7. The summed E-state index contributed by atoms with van der Waals surface area (Å²) < 4.78 is 5.84. The molecule has 1 heterocycles. The Balaban J connectivity index is 4.60. The van der Waals surface area contributed by atoms with Gasteiger partial charge in [0.05, 0.1) is 11.7 Å². The smallest absolute Gasteiger partial charge is 0.256 e. The summed E-state index contributed by atoms with van der Waals surface area (Å²) in [6, 6.07) is -12.7. The Hall–Kier alpha value is -5.86. The Bertz CT molecular complexity index is 2580. The van der Waals surface area contributed by atoms with Crippen LogP contribution in [-0.2, 0) is 57.5 Å². The summed E-state index contributed by atoms with van der Waals surface area (Å²) in [5.74, 6) is -9.62. The number of hydrogen-bond donors (Lipinski definition) is 6. The summed E-state index contributed by atoms with van der Waals surface area (Å²) in [6.07, 6.45) is 3.23. The Morgan fingerprint density at radius 1 is 0.537 bits per heavy atom. The highest BCUT2D eigenvalue weighted by atomic mass is 32.2. The molecule has 0 unspecified atom stereocenters. The van der Waals surface area contributed by atoms with E-state index in [0.717, 1.165) is 16.7 Å². The largest absolute Gasteiger partial charge is 0.390 e. The van der Waals surface area contributed by atoms with Gasteiger partial charge in [-0.3, -0.25) is 52.7 Å². The first-order chi connectivity index (χ1) is 43.9. The number of methoxy groups -OCH3 is 1. The zero-order valence-corrected chi connectivity index (χ0v) is 63.7. The first-order valence-electron chi connectivity index (χ1n) is 34.2. The first kappa shape index (κ1) is 87.2. The van der Waals surface area contributed by atoms with Crippen molar-refractivity contribution in [3.8, 4) is 0 Å². The van der Waals surface area contributed by atoms with Crippen molar-refractivity contribution in [2.45, 2.75) is 260 Å². The Morgan fingerprint density at radius 3 is 1.47 bits per heavy atom. The number of ether oxygens (including phenoxy) is 1. The highest BCUT2D eigenvalue weighted by molar-refractivity contribution is 8.00. The van der Waals surface area contributed by atoms with Crippen molar-refractivity contribution < 1.29 is 62.6 Å². The van der Waals surface area contributed by atoms with Crippen LogP contribution in [0.5, 0.6) is 0 Å². The molecule has 0 bridgehead atoms. The minimum Gasteiger partial charge on any atom is -0.390 e. The van der Waals surface area contributed by atoms with Gasteiger partial charge in [-0.05, 0) is 121 Å². The second-order valence-corrected chi connectivity index (χ2v) is 30.2. The van der Waals surface area contributed by atoms with Crippen LogP contribution in [-0.4, -0.2) is 257 Å². The average Bonchev–Trinajstić information content (AvgIpc) is 0.811. The van der Waals surface area contributed by atoms with Gasteiger partial charge in [0.25, 0.3) is 5.91 Å². The molecule has 0 aromatic rings. The van der Waals surface area contributed by atoms with Gasteiger partial charge >= 0.3 is 0 Å². The second-order valence-electron chi connectivity index (χ2n) is 29.0. The molecular weight excluding hydrogens is 1240 g/mol. The van der Waals surface area contributed by atoms with Crippen molar-refractivity contribution in [1.82, 2.24) is 60.9 Å². The third-order valence-electron chi connectivity index (χ3n) is 17.9. The molecule has 1 aliphatic rings.